The van der Waals surface area contributed by atoms with Crippen molar-refractivity contribution in [2.75, 3.05) is 30.6 Å². The molecule has 0 spiro atoms. The fraction of sp³-hybridized carbons (Fsp3) is 0.273. The van der Waals surface area contributed by atoms with Crippen molar-refractivity contribution in [1.82, 2.24) is 0 Å². The normalized spacial score (nSPS) is 17.7. The van der Waals surface area contributed by atoms with E-state index in [0.717, 1.165) is 0 Å². The van der Waals surface area contributed by atoms with Gasteiger partial charge in [0.15, 0.2) is 0 Å². The second-order valence-electron chi connectivity index (χ2n) is 11.0. The van der Waals surface area contributed by atoms with Crippen molar-refractivity contribution in [3.05, 3.63) is 97.1 Å². The number of hydrogen-bond acceptors (Lipinski definition) is 2. The van der Waals surface area contributed by atoms with Gasteiger partial charge in [-0.25, -0.2) is 0 Å². The zero-order valence-electron chi connectivity index (χ0n) is 23.2. The monoisotopic (exact) mass is 526 g/mol. The Labute approximate surface area is 225 Å². The molecular weight excluding hydrogens is 486 g/mol. The molecule has 0 aromatic heterocycles. The van der Waals surface area contributed by atoms with Crippen LogP contribution in [0.25, 0.3) is 0 Å². The third kappa shape index (κ3) is 4.29. The molecule has 4 aromatic rings. The number of fused-ring (bicyclic) bond motifs is 4. The van der Waals surface area contributed by atoms with Crippen LogP contribution in [0.1, 0.15) is 27.7 Å². The van der Waals surface area contributed by atoms with Crippen LogP contribution in [0.5, 0.6) is 0 Å². The molecule has 192 valence electrons. The Hall–Kier alpha value is -2.66. The van der Waals surface area contributed by atoms with Gasteiger partial charge in [-0.1, -0.05) is 0 Å². The molecule has 0 N–H and O–H groups in total. The zero-order valence-corrected chi connectivity index (χ0v) is 25.1. The van der Waals surface area contributed by atoms with Crippen LogP contribution in [-0.4, -0.2) is 32.1 Å². The Kier molecular flexibility index (Phi) is 7.19. The summed E-state index contributed by atoms with van der Waals surface area (Å²) in [5.74, 6) is 0. The number of hydrogen-bond donors (Lipinski definition) is 0. The third-order valence-corrected chi connectivity index (χ3v) is 16.5. The topological polar surface area (TPSA) is 6.48 Å². The Morgan fingerprint density at radius 3 is 1.27 bits per heavy atom. The molecule has 37 heavy (non-hydrogen) atoms. The molecule has 1 heterocycles. The van der Waals surface area contributed by atoms with Gasteiger partial charge < -0.3 is 0 Å². The number of para-hydroxylation sites is 4. The second kappa shape index (κ2) is 10.2. The summed E-state index contributed by atoms with van der Waals surface area (Å²) in [6, 6.07) is 36.6. The van der Waals surface area contributed by atoms with Crippen molar-refractivity contribution >= 4 is 59.2 Å². The van der Waals surface area contributed by atoms with Gasteiger partial charge in [-0.3, -0.25) is 0 Å². The van der Waals surface area contributed by atoms with Gasteiger partial charge in [0.1, 0.15) is 0 Å². The van der Waals surface area contributed by atoms with E-state index in [-0.39, 0.29) is 0 Å². The summed E-state index contributed by atoms with van der Waals surface area (Å²) in [5, 5.41) is 5.91. The van der Waals surface area contributed by atoms with Crippen LogP contribution < -0.4 is 31.0 Å². The van der Waals surface area contributed by atoms with E-state index in [0.29, 0.717) is 11.3 Å². The van der Waals surface area contributed by atoms with Gasteiger partial charge in [0, 0.05) is 0 Å². The predicted octanol–water partition coefficient (Wildman–Crippen LogP) is 7.12. The SMILES string of the molecule is CC(C)P1c2ccccc2N(C)c2ccccc2[PH](C)(C(C)C)c2ccccc2N(C)c2ccccc21. The Morgan fingerprint density at radius 1 is 0.541 bits per heavy atom. The van der Waals surface area contributed by atoms with E-state index < -0.39 is 15.2 Å². The van der Waals surface area contributed by atoms with Crippen molar-refractivity contribution in [2.45, 2.75) is 39.0 Å². The Balaban J connectivity index is 1.94. The number of benzene rings is 4. The van der Waals surface area contributed by atoms with E-state index in [1.807, 2.05) is 0 Å². The molecule has 0 amide bonds. The molecule has 1 aliphatic heterocycles. The third-order valence-electron chi connectivity index (χ3n) is 8.33. The first-order valence-corrected chi connectivity index (χ1v) is 17.4. The molecule has 0 radical (unpaired) electrons. The molecule has 5 rings (SSSR count). The zero-order chi connectivity index (χ0) is 26.3. The van der Waals surface area contributed by atoms with Gasteiger partial charge in [0.2, 0.25) is 0 Å². The fourth-order valence-corrected chi connectivity index (χ4v) is 12.8. The van der Waals surface area contributed by atoms with Crippen LogP contribution in [-0.2, 0) is 0 Å². The number of anilines is 4. The fourth-order valence-electron chi connectivity index (χ4n) is 6.03. The minimum absolute atomic E-state index is 0.503. The van der Waals surface area contributed by atoms with Crippen molar-refractivity contribution in [1.29, 1.82) is 0 Å². The summed E-state index contributed by atoms with van der Waals surface area (Å²) in [5.41, 5.74) is 6.34. The molecule has 0 bridgehead atoms. The first-order chi connectivity index (χ1) is 17.8. The quantitative estimate of drug-likeness (QED) is 0.257. The van der Waals surface area contributed by atoms with E-state index in [2.05, 4.69) is 155 Å². The van der Waals surface area contributed by atoms with E-state index in [1.165, 1.54) is 44.0 Å². The van der Waals surface area contributed by atoms with Crippen LogP contribution in [0.2, 0.25) is 0 Å². The van der Waals surface area contributed by atoms with E-state index in [1.54, 1.807) is 0 Å². The molecule has 0 atom stereocenters. The summed E-state index contributed by atoms with van der Waals surface area (Å²) in [7, 11) is 1.78. The van der Waals surface area contributed by atoms with E-state index >= 15 is 0 Å². The van der Waals surface area contributed by atoms with Crippen LogP contribution >= 0.6 is 15.2 Å². The van der Waals surface area contributed by atoms with E-state index in [9.17, 15) is 0 Å². The summed E-state index contributed by atoms with van der Waals surface area (Å²) < 4.78 is 0. The molecule has 0 saturated heterocycles. The maximum atomic E-state index is 2.57. The Morgan fingerprint density at radius 2 is 0.892 bits per heavy atom. The average molecular weight is 527 g/mol. The van der Waals surface area contributed by atoms with Crippen LogP contribution in [0, 0.1) is 0 Å². The first kappa shape index (κ1) is 26.0. The van der Waals surface area contributed by atoms with Gasteiger partial charge >= 0.3 is 226 Å². The molecule has 0 fully saturated rings. The molecule has 0 aliphatic carbocycles. The standard InChI is InChI=1S/C33H40N2P2/c1-24(2)36-30-20-12-8-16-26(30)34(5)28-18-10-14-22-32(28)37(7,25(3)4)33-23-15-11-19-29(33)35(6)27-17-9-13-21-31(27)36/h8-25,37H,1-7H3. The summed E-state index contributed by atoms with van der Waals surface area (Å²) >= 11 is 0. The summed E-state index contributed by atoms with van der Waals surface area (Å²) in [6.07, 6.45) is 0. The summed E-state index contributed by atoms with van der Waals surface area (Å²) in [4.78, 5) is 4.96. The van der Waals surface area contributed by atoms with Gasteiger partial charge in [0.05, 0.1) is 0 Å². The van der Waals surface area contributed by atoms with Gasteiger partial charge in [-0.2, -0.15) is 0 Å². The predicted molar refractivity (Wildman–Crippen MR) is 172 cm³/mol. The maximum absolute atomic E-state index is 2.57. The first-order valence-electron chi connectivity index (χ1n) is 13.4. The summed E-state index contributed by atoms with van der Waals surface area (Å²) in [6.45, 7) is 12.2. The van der Waals surface area contributed by atoms with Crippen LogP contribution in [0.4, 0.5) is 22.7 Å². The van der Waals surface area contributed by atoms with Gasteiger partial charge in [0.25, 0.3) is 0 Å². The van der Waals surface area contributed by atoms with Gasteiger partial charge in [-0.05, 0) is 0 Å². The molecule has 4 heteroatoms. The number of nitrogens with zero attached hydrogens (tertiary/aromatic N) is 2. The average Bonchev–Trinajstić information content (AvgIpc) is 2.92. The molecule has 2 nitrogen and oxygen atoms in total. The molecular formula is C33H40N2P2. The number of rotatable bonds is 2. The van der Waals surface area contributed by atoms with Crippen molar-refractivity contribution in [2.24, 2.45) is 0 Å². The van der Waals surface area contributed by atoms with Gasteiger partial charge in [-0.15, -0.1) is 0 Å². The van der Waals surface area contributed by atoms with Crippen molar-refractivity contribution < 1.29 is 0 Å². The Bertz CT molecular complexity index is 1310. The van der Waals surface area contributed by atoms with Crippen molar-refractivity contribution in [3.8, 4) is 0 Å². The molecule has 0 saturated carbocycles. The van der Waals surface area contributed by atoms with Crippen molar-refractivity contribution in [3.63, 3.8) is 0 Å². The molecule has 4 aromatic carbocycles. The second-order valence-corrected chi connectivity index (χ2v) is 18.3. The minimum atomic E-state index is -2.17. The van der Waals surface area contributed by atoms with Crippen LogP contribution in [0.3, 0.4) is 0 Å². The molecule has 0 unspecified atom stereocenters. The van der Waals surface area contributed by atoms with E-state index in [4.69, 9.17) is 0 Å². The molecule has 1 aliphatic rings. The van der Waals surface area contributed by atoms with Crippen LogP contribution in [0.15, 0.2) is 97.1 Å².